The summed E-state index contributed by atoms with van der Waals surface area (Å²) in [7, 11) is 1.64. The van der Waals surface area contributed by atoms with E-state index >= 15 is 0 Å². The third kappa shape index (κ3) is 2.29. The highest BCUT2D eigenvalue weighted by Crippen LogP contribution is 2.29. The van der Waals surface area contributed by atoms with Crippen LogP contribution in [-0.4, -0.2) is 41.3 Å². The highest BCUT2D eigenvalue weighted by atomic mass is 32.1. The van der Waals surface area contributed by atoms with Crippen LogP contribution in [0, 0.1) is 0 Å². The van der Waals surface area contributed by atoms with Gasteiger partial charge in [-0.2, -0.15) is 16.4 Å². The number of H-pyrrole nitrogens is 1. The Morgan fingerprint density at radius 3 is 3.21 bits per heavy atom. The Morgan fingerprint density at radius 1 is 1.58 bits per heavy atom. The first-order chi connectivity index (χ1) is 9.29. The van der Waals surface area contributed by atoms with Crippen molar-refractivity contribution in [3.63, 3.8) is 0 Å². The number of ether oxygens (including phenoxy) is 1. The van der Waals surface area contributed by atoms with Gasteiger partial charge in [-0.3, -0.25) is 9.89 Å². The van der Waals surface area contributed by atoms with Crippen molar-refractivity contribution in [2.45, 2.75) is 13.0 Å². The molecule has 1 amide bonds. The van der Waals surface area contributed by atoms with Crippen molar-refractivity contribution < 1.29 is 9.53 Å². The predicted molar refractivity (Wildman–Crippen MR) is 72.9 cm³/mol. The molecule has 0 fully saturated rings. The number of carbonyl (C=O) groups is 1. The van der Waals surface area contributed by atoms with Gasteiger partial charge in [0.1, 0.15) is 0 Å². The van der Waals surface area contributed by atoms with Gasteiger partial charge in [-0.1, -0.05) is 0 Å². The minimum atomic E-state index is 0.141. The third-order valence-corrected chi connectivity index (χ3v) is 4.03. The minimum Gasteiger partial charge on any atom is -0.383 e. The highest BCUT2D eigenvalue weighted by molar-refractivity contribution is 7.08. The van der Waals surface area contributed by atoms with E-state index in [-0.39, 0.29) is 5.91 Å². The van der Waals surface area contributed by atoms with Gasteiger partial charge in [0.25, 0.3) is 0 Å². The first-order valence-electron chi connectivity index (χ1n) is 6.15. The SMILES string of the molecule is COCCN1Cc2[nH]nc(-c3ccsc3)c2CC1=O. The number of rotatable bonds is 4. The molecule has 0 saturated carbocycles. The van der Waals surface area contributed by atoms with Crippen LogP contribution in [0.1, 0.15) is 11.3 Å². The summed E-state index contributed by atoms with van der Waals surface area (Å²) in [5, 5.41) is 11.5. The third-order valence-electron chi connectivity index (χ3n) is 3.34. The van der Waals surface area contributed by atoms with Crippen LogP contribution in [-0.2, 0) is 22.5 Å². The fourth-order valence-corrected chi connectivity index (χ4v) is 2.95. The van der Waals surface area contributed by atoms with E-state index in [2.05, 4.69) is 15.6 Å². The average Bonchev–Trinajstić information content (AvgIpc) is 3.04. The fraction of sp³-hybridized carbons (Fsp3) is 0.385. The molecule has 0 unspecified atom stereocenters. The summed E-state index contributed by atoms with van der Waals surface area (Å²) in [5.41, 5.74) is 4.07. The van der Waals surface area contributed by atoms with Crippen molar-refractivity contribution in [1.29, 1.82) is 0 Å². The molecule has 1 aliphatic heterocycles. The molecule has 1 aliphatic rings. The number of thiophene rings is 1. The zero-order valence-electron chi connectivity index (χ0n) is 10.7. The van der Waals surface area contributed by atoms with Crippen LogP contribution in [0.15, 0.2) is 16.8 Å². The Kier molecular flexibility index (Phi) is 3.35. The van der Waals surface area contributed by atoms with Crippen LogP contribution in [0.4, 0.5) is 0 Å². The second-order valence-corrected chi connectivity index (χ2v) is 5.31. The lowest BCUT2D eigenvalue weighted by Crippen LogP contribution is -2.38. The number of nitrogens with zero attached hydrogens (tertiary/aromatic N) is 2. The van der Waals surface area contributed by atoms with Crippen LogP contribution in [0.5, 0.6) is 0 Å². The van der Waals surface area contributed by atoms with Crippen molar-refractivity contribution in [3.05, 3.63) is 28.1 Å². The van der Waals surface area contributed by atoms with E-state index in [1.54, 1.807) is 23.3 Å². The Balaban J connectivity index is 1.86. The number of hydrogen-bond acceptors (Lipinski definition) is 4. The molecule has 0 saturated heterocycles. The summed E-state index contributed by atoms with van der Waals surface area (Å²) >= 11 is 1.64. The molecule has 0 aromatic carbocycles. The lowest BCUT2D eigenvalue weighted by Gasteiger charge is -2.26. The van der Waals surface area contributed by atoms with E-state index in [1.807, 2.05) is 11.4 Å². The van der Waals surface area contributed by atoms with Gasteiger partial charge in [0.05, 0.1) is 31.0 Å². The monoisotopic (exact) mass is 277 g/mol. The molecule has 5 nitrogen and oxygen atoms in total. The molecule has 100 valence electrons. The van der Waals surface area contributed by atoms with E-state index in [9.17, 15) is 4.79 Å². The number of amides is 1. The van der Waals surface area contributed by atoms with Crippen molar-refractivity contribution in [1.82, 2.24) is 15.1 Å². The quantitative estimate of drug-likeness (QED) is 0.925. The normalized spacial score (nSPS) is 14.8. The second kappa shape index (κ2) is 5.14. The Morgan fingerprint density at radius 2 is 2.47 bits per heavy atom. The molecule has 0 spiro atoms. The first kappa shape index (κ1) is 12.4. The molecule has 1 N–H and O–H groups in total. The van der Waals surface area contributed by atoms with Crippen LogP contribution in [0.25, 0.3) is 11.3 Å². The summed E-state index contributed by atoms with van der Waals surface area (Å²) < 4.78 is 5.03. The summed E-state index contributed by atoms with van der Waals surface area (Å²) in [6, 6.07) is 2.03. The lowest BCUT2D eigenvalue weighted by atomic mass is 10.0. The zero-order valence-corrected chi connectivity index (χ0v) is 11.5. The maximum Gasteiger partial charge on any atom is 0.227 e. The van der Waals surface area contributed by atoms with E-state index in [1.165, 1.54) is 0 Å². The van der Waals surface area contributed by atoms with Gasteiger partial charge in [0.15, 0.2) is 0 Å². The predicted octanol–water partition coefficient (Wildman–Crippen LogP) is 1.67. The Labute approximate surface area is 115 Å². The molecule has 3 heterocycles. The largest absolute Gasteiger partial charge is 0.383 e. The van der Waals surface area contributed by atoms with Gasteiger partial charge >= 0.3 is 0 Å². The molecule has 2 aromatic heterocycles. The van der Waals surface area contributed by atoms with Crippen molar-refractivity contribution in [3.8, 4) is 11.3 Å². The zero-order chi connectivity index (χ0) is 13.2. The Bertz CT molecular complexity index is 577. The summed E-state index contributed by atoms with van der Waals surface area (Å²) in [4.78, 5) is 13.9. The number of aromatic nitrogens is 2. The summed E-state index contributed by atoms with van der Waals surface area (Å²) in [5.74, 6) is 0.141. The van der Waals surface area contributed by atoms with Gasteiger partial charge in [-0.25, -0.2) is 0 Å². The number of nitrogens with one attached hydrogen (secondary N) is 1. The van der Waals surface area contributed by atoms with Crippen molar-refractivity contribution in [2.75, 3.05) is 20.3 Å². The van der Waals surface area contributed by atoms with Crippen LogP contribution < -0.4 is 0 Å². The maximum atomic E-state index is 12.1. The number of hydrogen-bond donors (Lipinski definition) is 1. The van der Waals surface area contributed by atoms with E-state index < -0.39 is 0 Å². The van der Waals surface area contributed by atoms with E-state index in [0.29, 0.717) is 26.1 Å². The van der Waals surface area contributed by atoms with E-state index in [0.717, 1.165) is 22.5 Å². The van der Waals surface area contributed by atoms with Crippen LogP contribution in [0.2, 0.25) is 0 Å². The standard InChI is InChI=1S/C13H15N3O2S/c1-18-4-3-16-7-11-10(6-12(16)17)13(15-14-11)9-2-5-19-8-9/h2,5,8H,3-4,6-7H2,1H3,(H,14,15). The smallest absolute Gasteiger partial charge is 0.227 e. The molecule has 2 aromatic rings. The van der Waals surface area contributed by atoms with Crippen molar-refractivity contribution in [2.24, 2.45) is 0 Å². The Hall–Kier alpha value is -1.66. The molecule has 0 aliphatic carbocycles. The molecular formula is C13H15N3O2S. The van der Waals surface area contributed by atoms with Gasteiger partial charge in [0.2, 0.25) is 5.91 Å². The van der Waals surface area contributed by atoms with Gasteiger partial charge < -0.3 is 9.64 Å². The molecule has 19 heavy (non-hydrogen) atoms. The van der Waals surface area contributed by atoms with Crippen molar-refractivity contribution >= 4 is 17.2 Å². The number of carbonyl (C=O) groups excluding carboxylic acids is 1. The van der Waals surface area contributed by atoms with E-state index in [4.69, 9.17) is 4.74 Å². The lowest BCUT2D eigenvalue weighted by molar-refractivity contribution is -0.132. The molecule has 0 radical (unpaired) electrons. The van der Waals surface area contributed by atoms with Crippen LogP contribution >= 0.6 is 11.3 Å². The second-order valence-electron chi connectivity index (χ2n) is 4.53. The molecular weight excluding hydrogens is 262 g/mol. The highest BCUT2D eigenvalue weighted by Gasteiger charge is 2.27. The fourth-order valence-electron chi connectivity index (χ4n) is 2.31. The topological polar surface area (TPSA) is 58.2 Å². The van der Waals surface area contributed by atoms with Gasteiger partial charge in [0, 0.05) is 30.2 Å². The maximum absolute atomic E-state index is 12.1. The number of fused-ring (bicyclic) bond motifs is 1. The van der Waals surface area contributed by atoms with Crippen LogP contribution in [0.3, 0.4) is 0 Å². The molecule has 0 atom stereocenters. The first-order valence-corrected chi connectivity index (χ1v) is 7.09. The molecule has 6 heteroatoms. The summed E-state index contributed by atoms with van der Waals surface area (Å²) in [6.45, 7) is 1.78. The molecule has 3 rings (SSSR count). The number of aromatic amines is 1. The minimum absolute atomic E-state index is 0.141. The van der Waals surface area contributed by atoms with Gasteiger partial charge in [-0.05, 0) is 11.4 Å². The number of methoxy groups -OCH3 is 1. The average molecular weight is 277 g/mol. The van der Waals surface area contributed by atoms with Gasteiger partial charge in [-0.15, -0.1) is 0 Å². The molecule has 0 bridgehead atoms. The summed E-state index contributed by atoms with van der Waals surface area (Å²) in [6.07, 6.45) is 0.417.